The Balaban J connectivity index is 1.34. The summed E-state index contributed by atoms with van der Waals surface area (Å²) in [6, 6.07) is 1.82. The first-order chi connectivity index (χ1) is 8.38. The molecule has 0 radical (unpaired) electrons. The lowest BCUT2D eigenvalue weighted by molar-refractivity contribution is 0.260. The van der Waals surface area contributed by atoms with Crippen molar-refractivity contribution in [2.75, 3.05) is 19.6 Å². The van der Waals surface area contributed by atoms with Gasteiger partial charge in [-0.05, 0) is 62.3 Å². The maximum absolute atomic E-state index is 3.71. The fourth-order valence-corrected chi connectivity index (χ4v) is 5.34. The highest BCUT2D eigenvalue weighted by Crippen LogP contribution is 2.67. The van der Waals surface area contributed by atoms with Crippen molar-refractivity contribution in [1.29, 1.82) is 0 Å². The minimum absolute atomic E-state index is 0.800. The second kappa shape index (κ2) is 3.96. The summed E-state index contributed by atoms with van der Waals surface area (Å²) in [6.45, 7) is 6.19. The van der Waals surface area contributed by atoms with Gasteiger partial charge in [0.1, 0.15) is 0 Å². The fraction of sp³-hybridized carbons (Fsp3) is 1.00. The molecule has 0 amide bonds. The zero-order chi connectivity index (χ0) is 11.4. The minimum atomic E-state index is 0.800. The van der Waals surface area contributed by atoms with Crippen molar-refractivity contribution in [3.8, 4) is 0 Å². The smallest absolute Gasteiger partial charge is 0.0207 e. The highest BCUT2D eigenvalue weighted by Gasteiger charge is 2.66. The quantitative estimate of drug-likeness (QED) is 0.801. The van der Waals surface area contributed by atoms with E-state index in [2.05, 4.69) is 17.1 Å². The number of fused-ring (bicyclic) bond motifs is 5. The number of nitrogens with one attached hydrogen (secondary N) is 1. The SMILES string of the molecule is CCCNC1CCN(C2C3C4CCC(C4)C32)C1. The molecular formula is C15H26N2. The van der Waals surface area contributed by atoms with E-state index in [1.807, 2.05) is 0 Å². The van der Waals surface area contributed by atoms with Crippen LogP contribution in [0.2, 0.25) is 0 Å². The maximum Gasteiger partial charge on any atom is 0.0207 e. The van der Waals surface area contributed by atoms with Crippen LogP contribution in [0.25, 0.3) is 0 Å². The van der Waals surface area contributed by atoms with Crippen molar-refractivity contribution >= 4 is 0 Å². The van der Waals surface area contributed by atoms with Gasteiger partial charge < -0.3 is 5.32 Å². The first-order valence-electron chi connectivity index (χ1n) is 7.86. The number of rotatable bonds is 4. The van der Waals surface area contributed by atoms with Crippen molar-refractivity contribution in [3.05, 3.63) is 0 Å². The zero-order valence-electron chi connectivity index (χ0n) is 11.1. The molecule has 3 aliphatic carbocycles. The summed E-state index contributed by atoms with van der Waals surface area (Å²) in [6.07, 6.45) is 7.39. The van der Waals surface area contributed by atoms with Crippen LogP contribution in [0.4, 0.5) is 0 Å². The van der Waals surface area contributed by atoms with Gasteiger partial charge in [0.25, 0.3) is 0 Å². The van der Waals surface area contributed by atoms with E-state index in [-0.39, 0.29) is 0 Å². The molecular weight excluding hydrogens is 208 g/mol. The average Bonchev–Trinajstić information content (AvgIpc) is 2.78. The third-order valence-electron chi connectivity index (χ3n) is 6.02. The third-order valence-corrected chi connectivity index (χ3v) is 6.02. The molecule has 17 heavy (non-hydrogen) atoms. The summed E-state index contributed by atoms with van der Waals surface area (Å²) in [4.78, 5) is 2.84. The van der Waals surface area contributed by atoms with Crippen LogP contribution >= 0.6 is 0 Å². The highest BCUT2D eigenvalue weighted by molar-refractivity contribution is 5.18. The van der Waals surface area contributed by atoms with Crippen LogP contribution in [0.3, 0.4) is 0 Å². The molecule has 0 aromatic rings. The van der Waals surface area contributed by atoms with Gasteiger partial charge in [0, 0.05) is 25.2 Å². The van der Waals surface area contributed by atoms with E-state index >= 15 is 0 Å². The predicted octanol–water partition coefficient (Wildman–Crippen LogP) is 2.10. The third kappa shape index (κ3) is 1.60. The normalized spacial score (nSPS) is 52.1. The summed E-state index contributed by atoms with van der Waals surface area (Å²) >= 11 is 0. The molecule has 5 unspecified atom stereocenters. The van der Waals surface area contributed by atoms with Crippen LogP contribution in [-0.2, 0) is 0 Å². The van der Waals surface area contributed by atoms with E-state index in [9.17, 15) is 0 Å². The molecule has 2 nitrogen and oxygen atoms in total. The largest absolute Gasteiger partial charge is 0.313 e. The molecule has 4 fully saturated rings. The second-order valence-electron chi connectivity index (χ2n) is 6.91. The molecule has 1 saturated heterocycles. The highest BCUT2D eigenvalue weighted by atomic mass is 15.3. The van der Waals surface area contributed by atoms with Gasteiger partial charge in [0.2, 0.25) is 0 Å². The minimum Gasteiger partial charge on any atom is -0.313 e. The Labute approximate surface area is 105 Å². The van der Waals surface area contributed by atoms with E-state index < -0.39 is 0 Å². The first kappa shape index (κ1) is 10.8. The molecule has 1 aliphatic heterocycles. The fourth-order valence-electron chi connectivity index (χ4n) is 5.34. The Hall–Kier alpha value is -0.0800. The van der Waals surface area contributed by atoms with Crippen molar-refractivity contribution in [3.63, 3.8) is 0 Å². The van der Waals surface area contributed by atoms with Gasteiger partial charge in [-0.1, -0.05) is 6.92 Å². The van der Waals surface area contributed by atoms with E-state index in [1.165, 1.54) is 32.5 Å². The lowest BCUT2D eigenvalue weighted by Crippen LogP contribution is -2.35. The van der Waals surface area contributed by atoms with Crippen molar-refractivity contribution < 1.29 is 0 Å². The molecule has 5 atom stereocenters. The molecule has 1 heterocycles. The zero-order valence-corrected chi connectivity index (χ0v) is 11.1. The molecule has 4 aliphatic rings. The van der Waals surface area contributed by atoms with E-state index in [1.54, 1.807) is 19.3 Å². The Morgan fingerprint density at radius 2 is 1.88 bits per heavy atom. The summed E-state index contributed by atoms with van der Waals surface area (Å²) in [5.41, 5.74) is 0. The van der Waals surface area contributed by atoms with Crippen LogP contribution in [0.1, 0.15) is 39.0 Å². The van der Waals surface area contributed by atoms with Crippen molar-refractivity contribution in [2.45, 2.75) is 51.1 Å². The second-order valence-corrected chi connectivity index (χ2v) is 6.91. The number of hydrogen-bond acceptors (Lipinski definition) is 2. The molecule has 1 N–H and O–H groups in total. The van der Waals surface area contributed by atoms with Crippen molar-refractivity contribution in [2.24, 2.45) is 23.7 Å². The molecule has 2 heteroatoms. The lowest BCUT2D eigenvalue weighted by Gasteiger charge is -2.20. The van der Waals surface area contributed by atoms with Crippen LogP contribution in [0.5, 0.6) is 0 Å². The summed E-state index contributed by atoms with van der Waals surface area (Å²) in [5, 5.41) is 3.71. The van der Waals surface area contributed by atoms with Gasteiger partial charge in [-0.3, -0.25) is 4.90 Å². The monoisotopic (exact) mass is 234 g/mol. The van der Waals surface area contributed by atoms with Crippen molar-refractivity contribution in [1.82, 2.24) is 10.2 Å². The van der Waals surface area contributed by atoms with E-state index in [0.29, 0.717) is 0 Å². The Morgan fingerprint density at radius 1 is 1.12 bits per heavy atom. The Kier molecular flexibility index (Phi) is 2.52. The van der Waals surface area contributed by atoms with Gasteiger partial charge in [-0.2, -0.15) is 0 Å². The number of likely N-dealkylation sites (tertiary alicyclic amines) is 1. The molecule has 0 aromatic carbocycles. The summed E-state index contributed by atoms with van der Waals surface area (Å²) in [7, 11) is 0. The van der Waals surface area contributed by atoms with Crippen LogP contribution < -0.4 is 5.32 Å². The summed E-state index contributed by atoms with van der Waals surface area (Å²) < 4.78 is 0. The molecule has 0 aromatic heterocycles. The van der Waals surface area contributed by atoms with Gasteiger partial charge >= 0.3 is 0 Å². The molecule has 96 valence electrons. The topological polar surface area (TPSA) is 15.3 Å². The molecule has 4 rings (SSSR count). The van der Waals surface area contributed by atoms with Crippen LogP contribution in [-0.4, -0.2) is 36.6 Å². The van der Waals surface area contributed by atoms with Gasteiger partial charge in [-0.25, -0.2) is 0 Å². The Bertz CT molecular complexity index is 287. The molecule has 3 saturated carbocycles. The van der Waals surface area contributed by atoms with Gasteiger partial charge in [-0.15, -0.1) is 0 Å². The van der Waals surface area contributed by atoms with Gasteiger partial charge in [0.15, 0.2) is 0 Å². The molecule has 2 bridgehead atoms. The van der Waals surface area contributed by atoms with Crippen LogP contribution in [0.15, 0.2) is 0 Å². The van der Waals surface area contributed by atoms with Crippen LogP contribution in [0, 0.1) is 23.7 Å². The average molecular weight is 234 g/mol. The number of nitrogens with zero attached hydrogens (tertiary/aromatic N) is 1. The lowest BCUT2D eigenvalue weighted by atomic mass is 10.0. The van der Waals surface area contributed by atoms with E-state index in [0.717, 1.165) is 35.8 Å². The standard InChI is InChI=1S/C15H26N2/c1-2-6-16-12-5-7-17(9-12)15-13-10-3-4-11(8-10)14(13)15/h10-16H,2-9H2,1H3. The summed E-state index contributed by atoms with van der Waals surface area (Å²) in [5.74, 6) is 4.55. The molecule has 0 spiro atoms. The maximum atomic E-state index is 3.71. The van der Waals surface area contributed by atoms with E-state index in [4.69, 9.17) is 0 Å². The Morgan fingerprint density at radius 3 is 2.59 bits per heavy atom. The first-order valence-corrected chi connectivity index (χ1v) is 7.86. The predicted molar refractivity (Wildman–Crippen MR) is 69.9 cm³/mol. The van der Waals surface area contributed by atoms with Gasteiger partial charge in [0.05, 0.1) is 0 Å². The number of hydrogen-bond donors (Lipinski definition) is 1.